The Morgan fingerprint density at radius 3 is 2.23 bits per heavy atom. The number of halogens is 1. The van der Waals surface area contributed by atoms with Crippen molar-refractivity contribution in [1.29, 1.82) is 0 Å². The van der Waals surface area contributed by atoms with Crippen LogP contribution in [0.4, 0.5) is 11.4 Å². The quantitative estimate of drug-likeness (QED) is 0.438. The number of aryl methyl sites for hydroxylation is 1. The number of anilines is 2. The molecule has 0 saturated heterocycles. The summed E-state index contributed by atoms with van der Waals surface area (Å²) in [6, 6.07) is 18.6. The predicted octanol–water partition coefficient (Wildman–Crippen LogP) is 5.45. The zero-order valence-electron chi connectivity index (χ0n) is 16.3. The smallest absolute Gasteiger partial charge is 0.291 e. The Bertz CT molecular complexity index is 1370. The molecule has 2 heterocycles. The molecule has 0 aliphatic carbocycles. The van der Waals surface area contributed by atoms with Gasteiger partial charge in [-0.1, -0.05) is 41.9 Å². The second kappa shape index (κ2) is 7.11. The van der Waals surface area contributed by atoms with Gasteiger partial charge in [-0.25, -0.2) is 4.90 Å². The molecule has 1 aliphatic rings. The van der Waals surface area contributed by atoms with Gasteiger partial charge in [0.2, 0.25) is 0 Å². The van der Waals surface area contributed by atoms with Gasteiger partial charge in [0.05, 0.1) is 21.8 Å². The van der Waals surface area contributed by atoms with E-state index in [4.69, 9.17) is 16.0 Å². The fraction of sp³-hybridized carbons (Fsp3) is 0.0417. The molecular formula is C24H15ClN2O4. The lowest BCUT2D eigenvalue weighted by molar-refractivity contribution is 0.0924. The molecule has 0 bridgehead atoms. The maximum atomic E-state index is 12.7. The van der Waals surface area contributed by atoms with Crippen LogP contribution in [-0.2, 0) is 0 Å². The van der Waals surface area contributed by atoms with E-state index in [0.29, 0.717) is 22.4 Å². The highest BCUT2D eigenvalue weighted by Crippen LogP contribution is 2.35. The second-order valence-corrected chi connectivity index (χ2v) is 7.57. The van der Waals surface area contributed by atoms with E-state index in [1.54, 1.807) is 36.4 Å². The zero-order valence-corrected chi connectivity index (χ0v) is 17.1. The first-order chi connectivity index (χ1) is 15.0. The number of furan rings is 1. The Labute approximate surface area is 182 Å². The van der Waals surface area contributed by atoms with Gasteiger partial charge in [0.15, 0.2) is 5.76 Å². The average molecular weight is 431 g/mol. The van der Waals surface area contributed by atoms with E-state index in [1.165, 1.54) is 12.1 Å². The second-order valence-electron chi connectivity index (χ2n) is 7.16. The number of nitrogens with one attached hydrogen (secondary N) is 1. The Morgan fingerprint density at radius 2 is 1.58 bits per heavy atom. The summed E-state index contributed by atoms with van der Waals surface area (Å²) in [5, 5.41) is 3.78. The van der Waals surface area contributed by atoms with Crippen LogP contribution in [0.1, 0.15) is 36.8 Å². The zero-order chi connectivity index (χ0) is 21.7. The number of carbonyl (C=O) groups is 3. The summed E-state index contributed by atoms with van der Waals surface area (Å²) >= 11 is 6.39. The highest BCUT2D eigenvalue weighted by molar-refractivity contribution is 6.40. The summed E-state index contributed by atoms with van der Waals surface area (Å²) in [6.07, 6.45) is 0. The minimum absolute atomic E-state index is 0.161. The molecule has 1 N–H and O–H groups in total. The maximum absolute atomic E-state index is 12.7. The number of amides is 3. The van der Waals surface area contributed by atoms with E-state index < -0.39 is 17.7 Å². The first-order valence-corrected chi connectivity index (χ1v) is 9.90. The van der Waals surface area contributed by atoms with Crippen LogP contribution in [0.5, 0.6) is 0 Å². The monoisotopic (exact) mass is 430 g/mol. The number of carbonyl (C=O) groups excluding carboxylic acids is 3. The third-order valence-electron chi connectivity index (χ3n) is 5.29. The number of para-hydroxylation sites is 1. The highest BCUT2D eigenvalue weighted by Gasteiger charge is 2.37. The van der Waals surface area contributed by atoms with Crippen LogP contribution in [-0.4, -0.2) is 17.7 Å². The molecule has 0 saturated carbocycles. The van der Waals surface area contributed by atoms with E-state index >= 15 is 0 Å². The number of fused-ring (bicyclic) bond motifs is 2. The van der Waals surface area contributed by atoms with Crippen LogP contribution in [0.15, 0.2) is 71.1 Å². The molecule has 152 valence electrons. The minimum atomic E-state index is -0.433. The molecule has 5 rings (SSSR count). The van der Waals surface area contributed by atoms with Gasteiger partial charge in [0.1, 0.15) is 5.58 Å². The summed E-state index contributed by atoms with van der Waals surface area (Å²) in [7, 11) is 0. The standard InChI is InChI=1S/C24H15ClN2O4/c1-13-15-6-4-5-9-20(15)31-21(13)22(28)26-14-10-11-19(18(25)12-14)27-23(29)16-7-2-3-8-17(16)24(27)30/h2-12H,1H3,(H,26,28). The number of benzene rings is 3. The first-order valence-electron chi connectivity index (χ1n) is 9.52. The van der Waals surface area contributed by atoms with Gasteiger partial charge < -0.3 is 9.73 Å². The summed E-state index contributed by atoms with van der Waals surface area (Å²) in [6.45, 7) is 1.82. The van der Waals surface area contributed by atoms with Crippen LogP contribution in [0.3, 0.4) is 0 Å². The van der Waals surface area contributed by atoms with Crippen LogP contribution >= 0.6 is 11.6 Å². The Balaban J connectivity index is 1.42. The van der Waals surface area contributed by atoms with Gasteiger partial charge in [-0.2, -0.15) is 0 Å². The maximum Gasteiger partial charge on any atom is 0.291 e. The molecule has 7 heteroatoms. The molecule has 3 aromatic carbocycles. The lowest BCUT2D eigenvalue weighted by Crippen LogP contribution is -2.29. The lowest BCUT2D eigenvalue weighted by atomic mass is 10.1. The van der Waals surface area contributed by atoms with Crippen molar-refractivity contribution in [2.45, 2.75) is 6.92 Å². The number of rotatable bonds is 3. The van der Waals surface area contributed by atoms with Crippen molar-refractivity contribution in [2.24, 2.45) is 0 Å². The molecule has 0 unspecified atom stereocenters. The van der Waals surface area contributed by atoms with Crippen LogP contribution in [0, 0.1) is 6.92 Å². The summed E-state index contributed by atoms with van der Waals surface area (Å²) in [4.78, 5) is 39.2. The average Bonchev–Trinajstić information content (AvgIpc) is 3.24. The van der Waals surface area contributed by atoms with Gasteiger partial charge in [0, 0.05) is 16.6 Å². The van der Waals surface area contributed by atoms with E-state index in [9.17, 15) is 14.4 Å². The van der Waals surface area contributed by atoms with Crippen molar-refractivity contribution in [1.82, 2.24) is 0 Å². The Kier molecular flexibility index (Phi) is 4.38. The van der Waals surface area contributed by atoms with Gasteiger partial charge in [-0.05, 0) is 43.3 Å². The molecule has 1 aromatic heterocycles. The van der Waals surface area contributed by atoms with Gasteiger partial charge in [-0.3, -0.25) is 14.4 Å². The molecule has 0 spiro atoms. The van der Waals surface area contributed by atoms with E-state index in [0.717, 1.165) is 15.8 Å². The summed E-state index contributed by atoms with van der Waals surface area (Å²) < 4.78 is 5.69. The minimum Gasteiger partial charge on any atom is -0.451 e. The lowest BCUT2D eigenvalue weighted by Gasteiger charge is -2.16. The Hall–Kier alpha value is -3.90. The molecule has 6 nitrogen and oxygen atoms in total. The molecule has 31 heavy (non-hydrogen) atoms. The molecule has 4 aromatic rings. The normalized spacial score (nSPS) is 13.0. The predicted molar refractivity (Wildman–Crippen MR) is 118 cm³/mol. The van der Waals surface area contributed by atoms with Gasteiger partial charge in [0.25, 0.3) is 17.7 Å². The molecule has 0 fully saturated rings. The molecule has 1 aliphatic heterocycles. The molecular weight excluding hydrogens is 416 g/mol. The van der Waals surface area contributed by atoms with E-state index in [1.807, 2.05) is 25.1 Å². The number of nitrogens with zero attached hydrogens (tertiary/aromatic N) is 1. The van der Waals surface area contributed by atoms with Crippen LogP contribution in [0.2, 0.25) is 5.02 Å². The van der Waals surface area contributed by atoms with Crippen LogP contribution in [0.25, 0.3) is 11.0 Å². The number of hydrogen-bond acceptors (Lipinski definition) is 4. The largest absolute Gasteiger partial charge is 0.451 e. The number of hydrogen-bond donors (Lipinski definition) is 1. The highest BCUT2D eigenvalue weighted by atomic mass is 35.5. The van der Waals surface area contributed by atoms with E-state index in [-0.39, 0.29) is 16.5 Å². The van der Waals surface area contributed by atoms with Crippen molar-refractivity contribution in [3.63, 3.8) is 0 Å². The van der Waals surface area contributed by atoms with Crippen LogP contribution < -0.4 is 10.2 Å². The topological polar surface area (TPSA) is 79.6 Å². The summed E-state index contributed by atoms with van der Waals surface area (Å²) in [5.74, 6) is -1.07. The molecule has 0 atom stereocenters. The van der Waals surface area contributed by atoms with Gasteiger partial charge >= 0.3 is 0 Å². The third-order valence-corrected chi connectivity index (χ3v) is 5.59. The van der Waals surface area contributed by atoms with Crippen molar-refractivity contribution >= 4 is 51.7 Å². The third kappa shape index (κ3) is 3.00. The van der Waals surface area contributed by atoms with Crippen molar-refractivity contribution < 1.29 is 18.8 Å². The fourth-order valence-electron chi connectivity index (χ4n) is 3.75. The van der Waals surface area contributed by atoms with E-state index in [2.05, 4.69) is 5.32 Å². The summed E-state index contributed by atoms with van der Waals surface area (Å²) in [5.41, 5.74) is 2.70. The van der Waals surface area contributed by atoms with Crippen molar-refractivity contribution in [2.75, 3.05) is 10.2 Å². The molecule has 0 radical (unpaired) electrons. The molecule has 3 amide bonds. The van der Waals surface area contributed by atoms with Crippen molar-refractivity contribution in [3.05, 3.63) is 94.2 Å². The first kappa shape index (κ1) is 19.1. The Morgan fingerprint density at radius 1 is 0.935 bits per heavy atom. The SMILES string of the molecule is Cc1c(C(=O)Nc2ccc(N3C(=O)c4ccccc4C3=O)c(Cl)c2)oc2ccccc12. The van der Waals surface area contributed by atoms with Gasteiger partial charge in [-0.15, -0.1) is 0 Å². The van der Waals surface area contributed by atoms with Crippen molar-refractivity contribution in [3.8, 4) is 0 Å². The number of imide groups is 1. The fourth-order valence-corrected chi connectivity index (χ4v) is 4.02.